The number of imide groups is 1. The second-order valence-electron chi connectivity index (χ2n) is 6.89. The summed E-state index contributed by atoms with van der Waals surface area (Å²) in [4.78, 5) is 42.6. The van der Waals surface area contributed by atoms with E-state index in [1.54, 1.807) is 12.1 Å². The smallest absolute Gasteiger partial charge is 0.335 e. The van der Waals surface area contributed by atoms with Gasteiger partial charge < -0.3 is 10.6 Å². The predicted octanol–water partition coefficient (Wildman–Crippen LogP) is 1.89. The van der Waals surface area contributed by atoms with E-state index in [2.05, 4.69) is 5.16 Å². The van der Waals surface area contributed by atoms with Gasteiger partial charge in [0.2, 0.25) is 11.8 Å². The van der Waals surface area contributed by atoms with Crippen molar-refractivity contribution in [3.8, 4) is 0 Å². The quantitative estimate of drug-likeness (QED) is 0.206. The van der Waals surface area contributed by atoms with Gasteiger partial charge in [-0.05, 0) is 26.2 Å². The summed E-state index contributed by atoms with van der Waals surface area (Å²) in [6, 6.07) is 7.36. The van der Waals surface area contributed by atoms with Gasteiger partial charge in [-0.25, -0.2) is 4.79 Å². The molecule has 3 rings (SSSR count). The van der Waals surface area contributed by atoms with E-state index in [0.29, 0.717) is 24.8 Å². The summed E-state index contributed by atoms with van der Waals surface area (Å²) in [5, 5.41) is 3.65. The minimum atomic E-state index is -0.553. The lowest BCUT2D eigenvalue weighted by Crippen LogP contribution is -2.32. The van der Waals surface area contributed by atoms with Crippen molar-refractivity contribution in [1.29, 1.82) is 0 Å². The Hall–Kier alpha value is -2.96. The van der Waals surface area contributed by atoms with E-state index < -0.39 is 5.97 Å². The zero-order valence-electron chi connectivity index (χ0n) is 15.3. The van der Waals surface area contributed by atoms with Crippen LogP contribution in [0.2, 0.25) is 0 Å². The van der Waals surface area contributed by atoms with Crippen LogP contribution < -0.4 is 5.73 Å². The van der Waals surface area contributed by atoms with Gasteiger partial charge >= 0.3 is 5.97 Å². The van der Waals surface area contributed by atoms with E-state index in [-0.39, 0.29) is 42.5 Å². The molecule has 1 fully saturated rings. The summed E-state index contributed by atoms with van der Waals surface area (Å²) in [5.74, 6) is -1.19. The summed E-state index contributed by atoms with van der Waals surface area (Å²) < 4.78 is 0. The highest BCUT2D eigenvalue weighted by Crippen LogP contribution is 2.35. The number of benzene rings is 1. The molecule has 1 saturated heterocycles. The maximum atomic E-state index is 12.3. The molecule has 1 aromatic carbocycles. The Morgan fingerprint density at radius 2 is 1.74 bits per heavy atom. The number of rotatable bonds is 6. The van der Waals surface area contributed by atoms with Crippen LogP contribution in [0.5, 0.6) is 0 Å². The van der Waals surface area contributed by atoms with Gasteiger partial charge in [0.15, 0.2) is 5.84 Å². The molecule has 1 heterocycles. The zero-order valence-corrected chi connectivity index (χ0v) is 15.3. The number of allylic oxidation sites excluding steroid dienone is 2. The number of fused-ring (bicyclic) bond motifs is 1. The molecule has 0 unspecified atom stereocenters. The van der Waals surface area contributed by atoms with Gasteiger partial charge in [-0.2, -0.15) is 0 Å². The van der Waals surface area contributed by atoms with E-state index in [0.717, 1.165) is 5.56 Å². The summed E-state index contributed by atoms with van der Waals surface area (Å²) in [6.07, 6.45) is 5.51. The van der Waals surface area contributed by atoms with Crippen LogP contribution in [-0.4, -0.2) is 35.1 Å². The van der Waals surface area contributed by atoms with E-state index in [9.17, 15) is 14.4 Å². The SMILES string of the molecule is Cc1ccc(/C(N)=N/OC(=O)CCCN2C(=O)[C@H]3CC=CC[C@H]3C2=O)cc1. The van der Waals surface area contributed by atoms with E-state index >= 15 is 0 Å². The topological polar surface area (TPSA) is 102 Å². The monoisotopic (exact) mass is 369 g/mol. The molecule has 1 aliphatic heterocycles. The van der Waals surface area contributed by atoms with E-state index in [1.165, 1.54) is 4.90 Å². The van der Waals surface area contributed by atoms with Crippen LogP contribution in [-0.2, 0) is 19.2 Å². The number of amidine groups is 1. The highest BCUT2D eigenvalue weighted by Gasteiger charge is 2.46. The van der Waals surface area contributed by atoms with Crippen LogP contribution in [0.15, 0.2) is 41.6 Å². The fourth-order valence-electron chi connectivity index (χ4n) is 3.39. The van der Waals surface area contributed by atoms with Gasteiger partial charge in [-0.1, -0.05) is 47.1 Å². The first-order valence-electron chi connectivity index (χ1n) is 9.08. The minimum Gasteiger partial charge on any atom is -0.380 e. The highest BCUT2D eigenvalue weighted by molar-refractivity contribution is 6.05. The number of oxime groups is 1. The van der Waals surface area contributed by atoms with Gasteiger partial charge in [-0.15, -0.1) is 0 Å². The highest BCUT2D eigenvalue weighted by atomic mass is 16.7. The normalized spacial score (nSPS) is 22.1. The number of carbonyl (C=O) groups is 3. The second kappa shape index (κ2) is 8.16. The summed E-state index contributed by atoms with van der Waals surface area (Å²) in [6.45, 7) is 2.18. The van der Waals surface area contributed by atoms with E-state index in [1.807, 2.05) is 31.2 Å². The van der Waals surface area contributed by atoms with Crippen LogP contribution in [0.4, 0.5) is 0 Å². The number of likely N-dealkylation sites (tertiary alicyclic amines) is 1. The molecule has 7 heteroatoms. The van der Waals surface area contributed by atoms with E-state index in [4.69, 9.17) is 10.6 Å². The molecule has 142 valence electrons. The van der Waals surface area contributed by atoms with Crippen LogP contribution in [0.1, 0.15) is 36.8 Å². The fraction of sp³-hybridized carbons (Fsp3) is 0.400. The number of carbonyl (C=O) groups excluding carboxylic acids is 3. The number of amides is 2. The zero-order chi connectivity index (χ0) is 19.4. The fourth-order valence-corrected chi connectivity index (χ4v) is 3.39. The Morgan fingerprint density at radius 3 is 2.33 bits per heavy atom. The van der Waals surface area contributed by atoms with Crippen LogP contribution in [0.25, 0.3) is 0 Å². The lowest BCUT2D eigenvalue weighted by atomic mass is 9.85. The third kappa shape index (κ3) is 4.24. The molecular weight excluding hydrogens is 346 g/mol. The maximum Gasteiger partial charge on any atom is 0.335 e. The molecular formula is C20H23N3O4. The lowest BCUT2D eigenvalue weighted by molar-refractivity contribution is -0.145. The average molecular weight is 369 g/mol. The molecule has 7 nitrogen and oxygen atoms in total. The van der Waals surface area contributed by atoms with Gasteiger partial charge in [-0.3, -0.25) is 14.5 Å². The Labute approximate surface area is 157 Å². The molecule has 2 aliphatic rings. The van der Waals surface area contributed by atoms with Crippen molar-refractivity contribution in [2.75, 3.05) is 6.54 Å². The number of nitrogens with zero attached hydrogens (tertiary/aromatic N) is 2. The first-order valence-corrected chi connectivity index (χ1v) is 9.08. The van der Waals surface area contributed by atoms with Gasteiger partial charge in [0, 0.05) is 18.5 Å². The van der Waals surface area contributed by atoms with Gasteiger partial charge in [0.25, 0.3) is 0 Å². The average Bonchev–Trinajstić information content (AvgIpc) is 2.92. The van der Waals surface area contributed by atoms with Crippen molar-refractivity contribution in [3.63, 3.8) is 0 Å². The van der Waals surface area contributed by atoms with Crippen molar-refractivity contribution in [2.45, 2.75) is 32.6 Å². The van der Waals surface area contributed by atoms with Crippen LogP contribution >= 0.6 is 0 Å². The Balaban J connectivity index is 1.46. The minimum absolute atomic E-state index is 0.0509. The Morgan fingerprint density at radius 1 is 1.15 bits per heavy atom. The van der Waals surface area contributed by atoms with Crippen molar-refractivity contribution < 1.29 is 19.2 Å². The van der Waals surface area contributed by atoms with Crippen LogP contribution in [0, 0.1) is 18.8 Å². The van der Waals surface area contributed by atoms with Crippen molar-refractivity contribution >= 4 is 23.6 Å². The third-order valence-electron chi connectivity index (χ3n) is 4.95. The maximum absolute atomic E-state index is 12.3. The third-order valence-corrected chi connectivity index (χ3v) is 4.95. The first kappa shape index (κ1) is 18.8. The summed E-state index contributed by atoms with van der Waals surface area (Å²) in [7, 11) is 0. The Kier molecular flexibility index (Phi) is 5.69. The molecule has 0 aromatic heterocycles. The van der Waals surface area contributed by atoms with Gasteiger partial charge in [0.1, 0.15) is 0 Å². The Bertz CT molecular complexity index is 772. The second-order valence-corrected chi connectivity index (χ2v) is 6.89. The van der Waals surface area contributed by atoms with Crippen molar-refractivity contribution in [2.24, 2.45) is 22.7 Å². The molecule has 2 amide bonds. The molecule has 0 radical (unpaired) electrons. The molecule has 0 bridgehead atoms. The van der Waals surface area contributed by atoms with Crippen molar-refractivity contribution in [3.05, 3.63) is 47.5 Å². The molecule has 2 atom stereocenters. The number of hydrogen-bond acceptors (Lipinski definition) is 5. The lowest BCUT2D eigenvalue weighted by Gasteiger charge is -2.14. The number of hydrogen-bond donors (Lipinski definition) is 1. The standard InChI is InChI=1S/C20H23N3O4/c1-13-8-10-14(11-9-13)18(21)22-27-17(24)7-4-12-23-19(25)15-5-2-3-6-16(15)20(23)26/h2-3,8-11,15-16H,4-7,12H2,1H3,(H2,21,22)/t15-,16+. The summed E-state index contributed by atoms with van der Waals surface area (Å²) >= 11 is 0. The largest absolute Gasteiger partial charge is 0.380 e. The molecule has 2 N–H and O–H groups in total. The van der Waals surface area contributed by atoms with Crippen molar-refractivity contribution in [1.82, 2.24) is 4.90 Å². The number of aryl methyl sites for hydroxylation is 1. The van der Waals surface area contributed by atoms with Gasteiger partial charge in [0.05, 0.1) is 11.8 Å². The molecule has 27 heavy (non-hydrogen) atoms. The molecule has 0 saturated carbocycles. The summed E-state index contributed by atoms with van der Waals surface area (Å²) in [5.41, 5.74) is 7.55. The number of nitrogens with two attached hydrogens (primary N) is 1. The molecule has 0 spiro atoms. The predicted molar refractivity (Wildman–Crippen MR) is 99.3 cm³/mol. The molecule has 1 aliphatic carbocycles. The van der Waals surface area contributed by atoms with Crippen LogP contribution in [0.3, 0.4) is 0 Å². The molecule has 1 aromatic rings. The first-order chi connectivity index (χ1) is 13.0.